The molecule has 0 spiro atoms. The summed E-state index contributed by atoms with van der Waals surface area (Å²) in [5, 5.41) is 20.5. The maximum atomic E-state index is 10.7. The smallest absolute Gasteiger partial charge is 0.277 e. The largest absolute Gasteiger partial charge is 0.507 e. The van der Waals surface area contributed by atoms with Crippen LogP contribution in [0.3, 0.4) is 0 Å². The van der Waals surface area contributed by atoms with Gasteiger partial charge in [-0.3, -0.25) is 10.1 Å². The summed E-state index contributed by atoms with van der Waals surface area (Å²) in [4.78, 5) is 10.2. The maximum Gasteiger partial charge on any atom is 0.277 e. The second-order valence-corrected chi connectivity index (χ2v) is 3.44. The molecule has 3 N–H and O–H groups in total. The number of benzene rings is 1. The molecule has 0 radical (unpaired) electrons. The van der Waals surface area contributed by atoms with Crippen molar-refractivity contribution in [2.24, 2.45) is 5.73 Å². The molecule has 0 aromatic heterocycles. The predicted octanol–water partition coefficient (Wildman–Crippen LogP) is 2.44. The van der Waals surface area contributed by atoms with Crippen molar-refractivity contribution in [1.82, 2.24) is 0 Å². The number of hydrogen-bond acceptors (Lipinski definition) is 4. The van der Waals surface area contributed by atoms with Gasteiger partial charge in [0.05, 0.1) is 10.5 Å². The molecule has 0 saturated carbocycles. The number of phenolic OH excluding ortho intramolecular Hbond substituents is 1. The Balaban J connectivity index is 0.00000225. The molecule has 0 aliphatic heterocycles. The SMILES string of the molecule is CC[C@H](N)c1c([N+](=O)[O-])ccc(C)c1O.Cl. The van der Waals surface area contributed by atoms with E-state index >= 15 is 0 Å². The first kappa shape index (κ1) is 14.7. The molecule has 0 fully saturated rings. The van der Waals surface area contributed by atoms with Gasteiger partial charge in [0.2, 0.25) is 0 Å². The number of nitrogens with two attached hydrogens (primary N) is 1. The third-order valence-corrected chi connectivity index (χ3v) is 2.40. The third-order valence-electron chi connectivity index (χ3n) is 2.40. The van der Waals surface area contributed by atoms with Crippen molar-refractivity contribution >= 4 is 18.1 Å². The van der Waals surface area contributed by atoms with Gasteiger partial charge in [-0.2, -0.15) is 0 Å². The van der Waals surface area contributed by atoms with Crippen LogP contribution in [0.1, 0.15) is 30.5 Å². The molecular weight excluding hydrogens is 232 g/mol. The van der Waals surface area contributed by atoms with Crippen molar-refractivity contribution in [2.75, 3.05) is 0 Å². The Bertz CT molecular complexity index is 396. The molecule has 0 aliphatic rings. The van der Waals surface area contributed by atoms with Gasteiger partial charge in [-0.1, -0.05) is 6.92 Å². The van der Waals surface area contributed by atoms with E-state index in [0.29, 0.717) is 12.0 Å². The van der Waals surface area contributed by atoms with Crippen molar-refractivity contribution in [3.8, 4) is 5.75 Å². The number of aryl methyl sites for hydroxylation is 1. The van der Waals surface area contributed by atoms with Gasteiger partial charge in [-0.05, 0) is 25.0 Å². The monoisotopic (exact) mass is 246 g/mol. The van der Waals surface area contributed by atoms with Crippen LogP contribution in [0.25, 0.3) is 0 Å². The molecule has 0 aliphatic carbocycles. The van der Waals surface area contributed by atoms with Gasteiger partial charge in [-0.25, -0.2) is 0 Å². The summed E-state index contributed by atoms with van der Waals surface area (Å²) < 4.78 is 0. The van der Waals surface area contributed by atoms with E-state index < -0.39 is 11.0 Å². The van der Waals surface area contributed by atoms with Gasteiger partial charge in [0.15, 0.2) is 0 Å². The topological polar surface area (TPSA) is 89.4 Å². The fourth-order valence-corrected chi connectivity index (χ4v) is 1.44. The maximum absolute atomic E-state index is 10.7. The molecule has 0 amide bonds. The van der Waals surface area contributed by atoms with Crippen LogP contribution in [0.5, 0.6) is 5.75 Å². The van der Waals surface area contributed by atoms with Crippen LogP contribution in [-0.4, -0.2) is 10.0 Å². The minimum absolute atomic E-state index is 0. The standard InChI is InChI=1S/C10H14N2O3.ClH/c1-3-7(11)9-8(12(14)15)5-4-6(2)10(9)13;/h4-5,7,13H,3,11H2,1-2H3;1H/t7-;/m0./s1. The van der Waals surface area contributed by atoms with Gasteiger partial charge in [0.25, 0.3) is 5.69 Å². The molecule has 1 aromatic rings. The van der Waals surface area contributed by atoms with Crippen LogP contribution in [0.4, 0.5) is 5.69 Å². The van der Waals surface area contributed by atoms with E-state index in [9.17, 15) is 15.2 Å². The van der Waals surface area contributed by atoms with E-state index in [-0.39, 0.29) is 29.4 Å². The number of halogens is 1. The molecule has 1 atom stereocenters. The van der Waals surface area contributed by atoms with E-state index in [4.69, 9.17) is 5.73 Å². The lowest BCUT2D eigenvalue weighted by molar-refractivity contribution is -0.385. The molecule has 1 rings (SSSR count). The quantitative estimate of drug-likeness (QED) is 0.633. The number of aromatic hydroxyl groups is 1. The molecule has 1 aromatic carbocycles. The normalized spacial score (nSPS) is 11.7. The molecule has 0 bridgehead atoms. The van der Waals surface area contributed by atoms with Crippen molar-refractivity contribution in [2.45, 2.75) is 26.3 Å². The summed E-state index contributed by atoms with van der Waals surface area (Å²) in [6.07, 6.45) is 0.540. The molecule has 0 heterocycles. The zero-order valence-corrected chi connectivity index (χ0v) is 9.95. The van der Waals surface area contributed by atoms with E-state index in [1.54, 1.807) is 6.92 Å². The third kappa shape index (κ3) is 2.62. The Kier molecular flexibility index (Phi) is 5.20. The van der Waals surface area contributed by atoms with Crippen molar-refractivity contribution in [1.29, 1.82) is 0 Å². The lowest BCUT2D eigenvalue weighted by atomic mass is 9.99. The highest BCUT2D eigenvalue weighted by molar-refractivity contribution is 5.85. The van der Waals surface area contributed by atoms with Gasteiger partial charge in [0, 0.05) is 12.1 Å². The Labute approximate surface area is 99.8 Å². The fraction of sp³-hybridized carbons (Fsp3) is 0.400. The van der Waals surface area contributed by atoms with Crippen LogP contribution in [0.15, 0.2) is 12.1 Å². The molecule has 5 nitrogen and oxygen atoms in total. The lowest BCUT2D eigenvalue weighted by Crippen LogP contribution is -2.11. The number of nitro groups is 1. The Morgan fingerprint density at radius 2 is 2.12 bits per heavy atom. The summed E-state index contributed by atoms with van der Waals surface area (Å²) in [5.41, 5.74) is 6.44. The van der Waals surface area contributed by atoms with E-state index in [0.717, 1.165) is 0 Å². The number of phenols is 1. The molecule has 0 unspecified atom stereocenters. The van der Waals surface area contributed by atoms with E-state index in [1.165, 1.54) is 12.1 Å². The van der Waals surface area contributed by atoms with Crippen LogP contribution in [0.2, 0.25) is 0 Å². The van der Waals surface area contributed by atoms with Gasteiger partial charge >= 0.3 is 0 Å². The second kappa shape index (κ2) is 5.67. The number of nitro benzene ring substituents is 1. The van der Waals surface area contributed by atoms with Gasteiger partial charge < -0.3 is 10.8 Å². The number of hydrogen-bond donors (Lipinski definition) is 2. The fourth-order valence-electron chi connectivity index (χ4n) is 1.44. The average Bonchev–Trinajstić information content (AvgIpc) is 2.20. The minimum atomic E-state index is -0.524. The lowest BCUT2D eigenvalue weighted by Gasteiger charge is -2.13. The van der Waals surface area contributed by atoms with Gasteiger partial charge in [0.1, 0.15) is 5.75 Å². The molecule has 0 saturated heterocycles. The Morgan fingerprint density at radius 3 is 2.56 bits per heavy atom. The highest BCUT2D eigenvalue weighted by Crippen LogP contribution is 2.35. The molecule has 16 heavy (non-hydrogen) atoms. The second-order valence-electron chi connectivity index (χ2n) is 3.44. The number of nitrogens with zero attached hydrogens (tertiary/aromatic N) is 1. The first-order valence-corrected chi connectivity index (χ1v) is 4.71. The van der Waals surface area contributed by atoms with Crippen LogP contribution in [0, 0.1) is 17.0 Å². The summed E-state index contributed by atoms with van der Waals surface area (Å²) >= 11 is 0. The Hall–Kier alpha value is -1.33. The first-order valence-electron chi connectivity index (χ1n) is 4.71. The minimum Gasteiger partial charge on any atom is -0.507 e. The van der Waals surface area contributed by atoms with Crippen LogP contribution in [-0.2, 0) is 0 Å². The average molecular weight is 247 g/mol. The predicted molar refractivity (Wildman–Crippen MR) is 64.0 cm³/mol. The summed E-state index contributed by atoms with van der Waals surface area (Å²) in [7, 11) is 0. The summed E-state index contributed by atoms with van der Waals surface area (Å²) in [5.74, 6) is -0.0708. The van der Waals surface area contributed by atoms with Gasteiger partial charge in [-0.15, -0.1) is 12.4 Å². The molecule has 90 valence electrons. The van der Waals surface area contributed by atoms with Crippen LogP contribution < -0.4 is 5.73 Å². The first-order chi connectivity index (χ1) is 6.99. The number of rotatable bonds is 3. The molecular formula is C10H15ClN2O3. The zero-order chi connectivity index (χ0) is 11.6. The summed E-state index contributed by atoms with van der Waals surface area (Å²) in [6, 6.07) is 2.38. The zero-order valence-electron chi connectivity index (χ0n) is 9.14. The Morgan fingerprint density at radius 1 is 1.56 bits per heavy atom. The van der Waals surface area contributed by atoms with Crippen molar-refractivity contribution in [3.63, 3.8) is 0 Å². The van der Waals surface area contributed by atoms with Crippen LogP contribution >= 0.6 is 12.4 Å². The van der Waals surface area contributed by atoms with E-state index in [2.05, 4.69) is 0 Å². The van der Waals surface area contributed by atoms with E-state index in [1.807, 2.05) is 6.92 Å². The molecule has 6 heteroatoms. The highest BCUT2D eigenvalue weighted by atomic mass is 35.5. The van der Waals surface area contributed by atoms with Crippen molar-refractivity contribution < 1.29 is 10.0 Å². The van der Waals surface area contributed by atoms with Crippen molar-refractivity contribution in [3.05, 3.63) is 33.4 Å². The summed E-state index contributed by atoms with van der Waals surface area (Å²) in [6.45, 7) is 3.50. The highest BCUT2D eigenvalue weighted by Gasteiger charge is 2.23.